The van der Waals surface area contributed by atoms with E-state index in [9.17, 15) is 0 Å². The fraction of sp³-hybridized carbons (Fsp3) is 0.667. The number of hydrogen-bond acceptors (Lipinski definition) is 2. The van der Waals surface area contributed by atoms with Gasteiger partial charge in [-0.05, 0) is 6.92 Å². The Hall–Kier alpha value is -0.830. The lowest BCUT2D eigenvalue weighted by molar-refractivity contribution is 0.298. The predicted molar refractivity (Wildman–Crippen MR) is 48.2 cm³/mol. The highest BCUT2D eigenvalue weighted by Crippen LogP contribution is 2.13. The van der Waals surface area contributed by atoms with Crippen LogP contribution >= 0.6 is 0 Å². The maximum Gasteiger partial charge on any atom is 0.109 e. The molecule has 0 radical (unpaired) electrons. The fourth-order valence-electron chi connectivity index (χ4n) is 1.14. The first-order chi connectivity index (χ1) is 5.65. The Balaban J connectivity index is 2.85. The highest BCUT2D eigenvalue weighted by Gasteiger charge is 2.07. The van der Waals surface area contributed by atoms with E-state index in [1.54, 1.807) is 0 Å². The van der Waals surface area contributed by atoms with E-state index in [2.05, 4.69) is 23.8 Å². The van der Waals surface area contributed by atoms with Crippen molar-refractivity contribution in [2.75, 3.05) is 6.61 Å². The molecule has 0 aromatic carbocycles. The molecular weight excluding hydrogens is 152 g/mol. The molecule has 0 bridgehead atoms. The Morgan fingerprint density at radius 2 is 2.17 bits per heavy atom. The summed E-state index contributed by atoms with van der Waals surface area (Å²) < 4.78 is 0. The van der Waals surface area contributed by atoms with E-state index < -0.39 is 0 Å². The zero-order chi connectivity index (χ0) is 9.14. The average molecular weight is 168 g/mol. The van der Waals surface area contributed by atoms with Crippen LogP contribution in [-0.4, -0.2) is 21.7 Å². The van der Waals surface area contributed by atoms with Gasteiger partial charge in [0.1, 0.15) is 5.82 Å². The summed E-state index contributed by atoms with van der Waals surface area (Å²) in [5.41, 5.74) is 2.06. The van der Waals surface area contributed by atoms with Gasteiger partial charge in [0.05, 0.1) is 5.69 Å². The summed E-state index contributed by atoms with van der Waals surface area (Å²) in [5.74, 6) is 1.44. The number of imidazole rings is 1. The third-order valence-corrected chi connectivity index (χ3v) is 1.90. The molecule has 68 valence electrons. The maximum atomic E-state index is 8.74. The summed E-state index contributed by atoms with van der Waals surface area (Å²) in [5, 5.41) is 8.74. The van der Waals surface area contributed by atoms with Gasteiger partial charge in [-0.25, -0.2) is 4.98 Å². The molecule has 3 nitrogen and oxygen atoms in total. The van der Waals surface area contributed by atoms with Crippen LogP contribution in [0.2, 0.25) is 0 Å². The van der Waals surface area contributed by atoms with E-state index in [0.29, 0.717) is 12.3 Å². The first-order valence-electron chi connectivity index (χ1n) is 4.31. The van der Waals surface area contributed by atoms with Gasteiger partial charge in [0.25, 0.3) is 0 Å². The Kier molecular flexibility index (Phi) is 2.87. The van der Waals surface area contributed by atoms with Crippen molar-refractivity contribution in [1.29, 1.82) is 0 Å². The number of aryl methyl sites for hydroxylation is 1. The van der Waals surface area contributed by atoms with Gasteiger partial charge in [0, 0.05) is 24.6 Å². The number of nitrogens with one attached hydrogen (secondary N) is 1. The number of aliphatic hydroxyl groups is 1. The molecule has 0 aliphatic carbocycles. The monoisotopic (exact) mass is 168 g/mol. The molecule has 0 unspecified atom stereocenters. The minimum atomic E-state index is 0.170. The minimum Gasteiger partial charge on any atom is -0.396 e. The van der Waals surface area contributed by atoms with E-state index >= 15 is 0 Å². The zero-order valence-corrected chi connectivity index (χ0v) is 7.89. The lowest BCUT2D eigenvalue weighted by Gasteiger charge is -1.96. The van der Waals surface area contributed by atoms with Gasteiger partial charge in [0.15, 0.2) is 0 Å². The topological polar surface area (TPSA) is 48.9 Å². The molecular formula is C9H16N2O. The number of rotatable bonds is 3. The van der Waals surface area contributed by atoms with Crippen LogP contribution in [0.25, 0.3) is 0 Å². The molecule has 0 saturated heterocycles. The third-order valence-electron chi connectivity index (χ3n) is 1.90. The molecule has 0 saturated carbocycles. The lowest BCUT2D eigenvalue weighted by Crippen LogP contribution is -1.94. The third kappa shape index (κ3) is 1.85. The Bertz CT molecular complexity index is 253. The quantitative estimate of drug-likeness (QED) is 0.716. The molecule has 0 spiro atoms. The molecule has 0 atom stereocenters. The first-order valence-corrected chi connectivity index (χ1v) is 4.31. The lowest BCUT2D eigenvalue weighted by atomic mass is 10.2. The number of aromatic nitrogens is 2. The van der Waals surface area contributed by atoms with Gasteiger partial charge in [-0.15, -0.1) is 0 Å². The second kappa shape index (κ2) is 3.72. The van der Waals surface area contributed by atoms with Crippen LogP contribution in [0, 0.1) is 6.92 Å². The van der Waals surface area contributed by atoms with E-state index in [4.69, 9.17) is 5.11 Å². The van der Waals surface area contributed by atoms with Crippen molar-refractivity contribution in [1.82, 2.24) is 9.97 Å². The second-order valence-corrected chi connectivity index (χ2v) is 3.32. The average Bonchev–Trinajstić information content (AvgIpc) is 2.34. The van der Waals surface area contributed by atoms with E-state index in [-0.39, 0.29) is 6.61 Å². The smallest absolute Gasteiger partial charge is 0.109 e. The van der Waals surface area contributed by atoms with Crippen LogP contribution in [-0.2, 0) is 6.42 Å². The first kappa shape index (κ1) is 9.26. The van der Waals surface area contributed by atoms with Gasteiger partial charge in [0.2, 0.25) is 0 Å². The molecule has 1 aromatic heterocycles. The Morgan fingerprint density at radius 3 is 2.58 bits per heavy atom. The Labute approximate surface area is 72.8 Å². The summed E-state index contributed by atoms with van der Waals surface area (Å²) in [6.45, 7) is 6.36. The standard InChI is InChI=1S/C9H16N2O/c1-6(2)9-10-7(3)8(11-9)4-5-12/h6,12H,4-5H2,1-3H3,(H,10,11). The number of H-pyrrole nitrogens is 1. The summed E-state index contributed by atoms with van der Waals surface area (Å²) in [6.07, 6.45) is 0.648. The highest BCUT2D eigenvalue weighted by molar-refractivity contribution is 5.14. The molecule has 2 N–H and O–H groups in total. The second-order valence-electron chi connectivity index (χ2n) is 3.32. The fourth-order valence-corrected chi connectivity index (χ4v) is 1.14. The van der Waals surface area contributed by atoms with Crippen LogP contribution in [0.5, 0.6) is 0 Å². The minimum absolute atomic E-state index is 0.170. The summed E-state index contributed by atoms with van der Waals surface area (Å²) in [4.78, 5) is 7.59. The molecule has 0 fully saturated rings. The van der Waals surface area contributed by atoms with Crippen LogP contribution < -0.4 is 0 Å². The summed E-state index contributed by atoms with van der Waals surface area (Å²) in [7, 11) is 0. The van der Waals surface area contributed by atoms with Crippen molar-refractivity contribution in [3.8, 4) is 0 Å². The number of hydrogen-bond donors (Lipinski definition) is 2. The van der Waals surface area contributed by atoms with Crippen molar-refractivity contribution < 1.29 is 5.11 Å². The summed E-state index contributed by atoms with van der Waals surface area (Å²) in [6, 6.07) is 0. The van der Waals surface area contributed by atoms with Crippen LogP contribution in [0.1, 0.15) is 37.0 Å². The van der Waals surface area contributed by atoms with Crippen molar-refractivity contribution in [3.05, 3.63) is 17.2 Å². The van der Waals surface area contributed by atoms with Crippen LogP contribution in [0.3, 0.4) is 0 Å². The summed E-state index contributed by atoms with van der Waals surface area (Å²) >= 11 is 0. The molecule has 1 heterocycles. The molecule has 1 rings (SSSR count). The van der Waals surface area contributed by atoms with Crippen molar-refractivity contribution in [3.63, 3.8) is 0 Å². The molecule has 12 heavy (non-hydrogen) atoms. The number of aromatic amines is 1. The zero-order valence-electron chi connectivity index (χ0n) is 7.89. The normalized spacial score (nSPS) is 11.1. The number of nitrogens with zero attached hydrogens (tertiary/aromatic N) is 1. The molecule has 1 aromatic rings. The maximum absolute atomic E-state index is 8.74. The predicted octanol–water partition coefficient (Wildman–Crippen LogP) is 1.38. The molecule has 0 amide bonds. The van der Waals surface area contributed by atoms with Crippen LogP contribution in [0.4, 0.5) is 0 Å². The van der Waals surface area contributed by atoms with Gasteiger partial charge in [-0.2, -0.15) is 0 Å². The van der Waals surface area contributed by atoms with Crippen molar-refractivity contribution >= 4 is 0 Å². The largest absolute Gasteiger partial charge is 0.396 e. The van der Waals surface area contributed by atoms with E-state index in [1.165, 1.54) is 0 Å². The van der Waals surface area contributed by atoms with Crippen molar-refractivity contribution in [2.45, 2.75) is 33.1 Å². The SMILES string of the molecule is Cc1[nH]c(C(C)C)nc1CCO. The van der Waals surface area contributed by atoms with Crippen LogP contribution in [0.15, 0.2) is 0 Å². The van der Waals surface area contributed by atoms with Gasteiger partial charge >= 0.3 is 0 Å². The Morgan fingerprint density at radius 1 is 1.50 bits per heavy atom. The number of aliphatic hydroxyl groups excluding tert-OH is 1. The molecule has 0 aliphatic heterocycles. The molecule has 0 aliphatic rings. The van der Waals surface area contributed by atoms with Gasteiger partial charge in [-0.1, -0.05) is 13.8 Å². The van der Waals surface area contributed by atoms with E-state index in [1.807, 2.05) is 6.92 Å². The van der Waals surface area contributed by atoms with Gasteiger partial charge < -0.3 is 10.1 Å². The van der Waals surface area contributed by atoms with Crippen molar-refractivity contribution in [2.24, 2.45) is 0 Å². The van der Waals surface area contributed by atoms with E-state index in [0.717, 1.165) is 17.2 Å². The molecule has 3 heteroatoms. The highest BCUT2D eigenvalue weighted by atomic mass is 16.3. The van der Waals surface area contributed by atoms with Gasteiger partial charge in [-0.3, -0.25) is 0 Å².